The minimum absolute atomic E-state index is 0.543. The van der Waals surface area contributed by atoms with Crippen molar-refractivity contribution < 1.29 is 9.47 Å². The number of aromatic nitrogens is 1. The first-order chi connectivity index (χ1) is 10.3. The van der Waals surface area contributed by atoms with Gasteiger partial charge in [-0.05, 0) is 30.7 Å². The summed E-state index contributed by atoms with van der Waals surface area (Å²) < 4.78 is 10.9. The van der Waals surface area contributed by atoms with Gasteiger partial charge in [0.2, 0.25) is 0 Å². The van der Waals surface area contributed by atoms with E-state index in [2.05, 4.69) is 22.6 Å². The first-order valence-corrected chi connectivity index (χ1v) is 8.04. The molecule has 1 N–H and O–H groups in total. The molecular formula is C16H22N2O2S. The number of methoxy groups -OCH3 is 1. The molecule has 0 unspecified atom stereocenters. The fourth-order valence-electron chi connectivity index (χ4n) is 1.90. The number of hydrogen-bond acceptors (Lipinski definition) is 5. The Morgan fingerprint density at radius 2 is 2.19 bits per heavy atom. The van der Waals surface area contributed by atoms with Crippen molar-refractivity contribution in [3.05, 3.63) is 45.9 Å². The Morgan fingerprint density at radius 3 is 3.00 bits per heavy atom. The van der Waals surface area contributed by atoms with Crippen molar-refractivity contribution in [2.24, 2.45) is 0 Å². The summed E-state index contributed by atoms with van der Waals surface area (Å²) in [4.78, 5) is 4.55. The first kappa shape index (κ1) is 15.9. The van der Waals surface area contributed by atoms with Gasteiger partial charge in [0.15, 0.2) is 0 Å². The monoisotopic (exact) mass is 306 g/mol. The van der Waals surface area contributed by atoms with Crippen LogP contribution in [-0.2, 0) is 24.5 Å². The van der Waals surface area contributed by atoms with E-state index in [-0.39, 0.29) is 0 Å². The molecule has 114 valence electrons. The topological polar surface area (TPSA) is 43.4 Å². The Morgan fingerprint density at radius 1 is 1.29 bits per heavy atom. The number of rotatable bonds is 9. The van der Waals surface area contributed by atoms with Crippen LogP contribution in [0.2, 0.25) is 0 Å². The predicted molar refractivity (Wildman–Crippen MR) is 85.6 cm³/mol. The predicted octanol–water partition coefficient (Wildman–Crippen LogP) is 3.37. The van der Waals surface area contributed by atoms with Crippen molar-refractivity contribution in [1.82, 2.24) is 10.3 Å². The molecule has 0 fully saturated rings. The maximum Gasteiger partial charge on any atom is 0.119 e. The minimum atomic E-state index is 0.543. The molecule has 0 aliphatic carbocycles. The summed E-state index contributed by atoms with van der Waals surface area (Å²) in [7, 11) is 1.67. The minimum Gasteiger partial charge on any atom is -0.497 e. The van der Waals surface area contributed by atoms with E-state index in [1.54, 1.807) is 18.4 Å². The van der Waals surface area contributed by atoms with E-state index in [4.69, 9.17) is 9.47 Å². The lowest BCUT2D eigenvalue weighted by Crippen LogP contribution is -2.13. The molecule has 0 aliphatic heterocycles. The van der Waals surface area contributed by atoms with Crippen LogP contribution in [0, 0.1) is 0 Å². The van der Waals surface area contributed by atoms with Gasteiger partial charge in [0.25, 0.3) is 0 Å². The number of ether oxygens (including phenoxy) is 2. The molecule has 21 heavy (non-hydrogen) atoms. The second-order valence-electron chi connectivity index (χ2n) is 4.75. The molecule has 0 bridgehead atoms. The van der Waals surface area contributed by atoms with Gasteiger partial charge >= 0.3 is 0 Å². The zero-order valence-electron chi connectivity index (χ0n) is 12.6. The molecule has 2 aromatic rings. The maximum absolute atomic E-state index is 5.71. The van der Waals surface area contributed by atoms with Gasteiger partial charge in [-0.2, -0.15) is 0 Å². The van der Waals surface area contributed by atoms with Crippen molar-refractivity contribution in [3.63, 3.8) is 0 Å². The molecule has 0 aliphatic rings. The van der Waals surface area contributed by atoms with Crippen LogP contribution < -0.4 is 10.1 Å². The van der Waals surface area contributed by atoms with Crippen molar-refractivity contribution >= 4 is 11.3 Å². The van der Waals surface area contributed by atoms with E-state index in [0.717, 1.165) is 41.5 Å². The first-order valence-electron chi connectivity index (χ1n) is 7.16. The molecule has 0 saturated carbocycles. The molecule has 0 atom stereocenters. The SMILES string of the molecule is CCCNCc1nc(COCc2cccc(OC)c2)cs1. The van der Waals surface area contributed by atoms with E-state index >= 15 is 0 Å². The van der Waals surface area contributed by atoms with Crippen LogP contribution in [0.3, 0.4) is 0 Å². The fraction of sp³-hybridized carbons (Fsp3) is 0.438. The van der Waals surface area contributed by atoms with Gasteiger partial charge in [0.1, 0.15) is 10.8 Å². The van der Waals surface area contributed by atoms with Gasteiger partial charge in [-0.25, -0.2) is 4.98 Å². The number of nitrogens with zero attached hydrogens (tertiary/aromatic N) is 1. The average Bonchev–Trinajstić information content (AvgIpc) is 2.96. The van der Waals surface area contributed by atoms with Crippen LogP contribution in [-0.4, -0.2) is 18.6 Å². The van der Waals surface area contributed by atoms with Crippen molar-refractivity contribution in [1.29, 1.82) is 0 Å². The summed E-state index contributed by atoms with van der Waals surface area (Å²) in [6, 6.07) is 7.92. The average molecular weight is 306 g/mol. The third kappa shape index (κ3) is 5.46. The molecule has 1 heterocycles. The number of benzene rings is 1. The number of thiazole rings is 1. The zero-order valence-corrected chi connectivity index (χ0v) is 13.4. The van der Waals surface area contributed by atoms with Crippen molar-refractivity contribution in [2.45, 2.75) is 33.1 Å². The van der Waals surface area contributed by atoms with E-state index in [1.165, 1.54) is 0 Å². The second-order valence-corrected chi connectivity index (χ2v) is 5.70. The summed E-state index contributed by atoms with van der Waals surface area (Å²) in [6.45, 7) is 5.14. The summed E-state index contributed by atoms with van der Waals surface area (Å²) in [5, 5.41) is 6.53. The number of nitrogens with one attached hydrogen (secondary N) is 1. The quantitative estimate of drug-likeness (QED) is 0.721. The molecule has 1 aromatic carbocycles. The van der Waals surface area contributed by atoms with Gasteiger partial charge in [0.05, 0.1) is 26.0 Å². The molecular weight excluding hydrogens is 284 g/mol. The van der Waals surface area contributed by atoms with Gasteiger partial charge in [-0.3, -0.25) is 0 Å². The van der Waals surface area contributed by atoms with Crippen molar-refractivity contribution in [2.75, 3.05) is 13.7 Å². The molecule has 0 spiro atoms. The van der Waals surface area contributed by atoms with Crippen LogP contribution in [0.25, 0.3) is 0 Å². The highest BCUT2D eigenvalue weighted by molar-refractivity contribution is 7.09. The Bertz CT molecular complexity index is 543. The normalized spacial score (nSPS) is 10.8. The molecule has 2 rings (SSSR count). The Hall–Kier alpha value is -1.43. The van der Waals surface area contributed by atoms with Crippen LogP contribution in [0.1, 0.15) is 29.6 Å². The van der Waals surface area contributed by atoms with Gasteiger partial charge in [-0.1, -0.05) is 19.1 Å². The fourth-order valence-corrected chi connectivity index (χ4v) is 2.65. The van der Waals surface area contributed by atoms with Crippen LogP contribution in [0.15, 0.2) is 29.6 Å². The Kier molecular flexibility index (Phi) is 6.66. The molecule has 0 radical (unpaired) electrons. The smallest absolute Gasteiger partial charge is 0.119 e. The molecule has 1 aromatic heterocycles. The zero-order chi connectivity index (χ0) is 14.9. The van der Waals surface area contributed by atoms with Crippen LogP contribution >= 0.6 is 11.3 Å². The number of hydrogen-bond donors (Lipinski definition) is 1. The van der Waals surface area contributed by atoms with Gasteiger partial charge < -0.3 is 14.8 Å². The maximum atomic E-state index is 5.71. The lowest BCUT2D eigenvalue weighted by Gasteiger charge is -2.05. The largest absolute Gasteiger partial charge is 0.497 e. The van der Waals surface area contributed by atoms with Crippen LogP contribution in [0.5, 0.6) is 5.75 Å². The van der Waals surface area contributed by atoms with E-state index < -0.39 is 0 Å². The third-order valence-corrected chi connectivity index (χ3v) is 3.85. The highest BCUT2D eigenvalue weighted by Crippen LogP contribution is 2.15. The Labute approximate surface area is 130 Å². The highest BCUT2D eigenvalue weighted by atomic mass is 32.1. The van der Waals surface area contributed by atoms with E-state index in [1.807, 2.05) is 24.3 Å². The summed E-state index contributed by atoms with van der Waals surface area (Å²) in [5.74, 6) is 0.856. The van der Waals surface area contributed by atoms with Crippen molar-refractivity contribution in [3.8, 4) is 5.75 Å². The molecule has 5 heteroatoms. The Balaban J connectivity index is 1.75. The summed E-state index contributed by atoms with van der Waals surface area (Å²) in [6.07, 6.45) is 1.14. The lowest BCUT2D eigenvalue weighted by atomic mass is 10.2. The van der Waals surface area contributed by atoms with Gasteiger partial charge in [0, 0.05) is 11.9 Å². The highest BCUT2D eigenvalue weighted by Gasteiger charge is 2.02. The van der Waals surface area contributed by atoms with Gasteiger partial charge in [-0.15, -0.1) is 11.3 Å². The van der Waals surface area contributed by atoms with E-state index in [0.29, 0.717) is 13.2 Å². The second kappa shape index (κ2) is 8.77. The molecule has 0 saturated heterocycles. The summed E-state index contributed by atoms with van der Waals surface area (Å²) >= 11 is 1.68. The van der Waals surface area contributed by atoms with E-state index in [9.17, 15) is 0 Å². The third-order valence-electron chi connectivity index (χ3n) is 2.96. The summed E-state index contributed by atoms with van der Waals surface area (Å²) in [5.41, 5.74) is 2.10. The molecule has 0 amide bonds. The standard InChI is InChI=1S/C16H22N2O2S/c1-3-7-17-9-16-18-14(12-21-16)11-20-10-13-5-4-6-15(8-13)19-2/h4-6,8,12,17H,3,7,9-11H2,1-2H3. The lowest BCUT2D eigenvalue weighted by molar-refractivity contribution is 0.105. The molecule has 4 nitrogen and oxygen atoms in total. The van der Waals surface area contributed by atoms with Crippen LogP contribution in [0.4, 0.5) is 0 Å².